The molecule has 0 unspecified atom stereocenters. The second kappa shape index (κ2) is 10.8. The molecule has 0 bridgehead atoms. The van der Waals surface area contributed by atoms with E-state index >= 15 is 0 Å². The third kappa shape index (κ3) is 6.18. The lowest BCUT2D eigenvalue weighted by atomic mass is 9.78. The first-order chi connectivity index (χ1) is 16.9. The fourth-order valence-electron chi connectivity index (χ4n) is 4.33. The minimum atomic E-state index is -3.90. The van der Waals surface area contributed by atoms with Crippen LogP contribution in [0.15, 0.2) is 29.2 Å². The largest absolute Gasteiger partial charge is 0.481 e. The van der Waals surface area contributed by atoms with Gasteiger partial charge in [-0.15, -0.1) is 5.92 Å². The van der Waals surface area contributed by atoms with E-state index in [4.69, 9.17) is 14.2 Å². The van der Waals surface area contributed by atoms with Crippen molar-refractivity contribution in [1.82, 2.24) is 10.4 Å². The molecule has 1 aromatic rings. The van der Waals surface area contributed by atoms with Gasteiger partial charge in [0.05, 0.1) is 34.7 Å². The van der Waals surface area contributed by atoms with Gasteiger partial charge in [-0.1, -0.05) is 5.92 Å². The first-order valence-electron chi connectivity index (χ1n) is 11.7. The van der Waals surface area contributed by atoms with Crippen LogP contribution in [-0.2, 0) is 28.9 Å². The quantitative estimate of drug-likeness (QED) is 0.315. The lowest BCUT2D eigenvalue weighted by molar-refractivity contribution is -0.279. The van der Waals surface area contributed by atoms with Gasteiger partial charge in [0.15, 0.2) is 15.6 Å². The van der Waals surface area contributed by atoms with E-state index in [1.54, 1.807) is 38.1 Å². The molecule has 2 aliphatic heterocycles. The SMILES string of the molecule is CC#CCOc1ccc(S(=O)(=O)CC2(C(=O)NO)CCN(C(=O)C3(C)COC(C)(C)OC3)CC2)cc1. The number of hydroxylamine groups is 1. The Bertz CT molecular complexity index is 1120. The van der Waals surface area contributed by atoms with Crippen LogP contribution in [-0.4, -0.2) is 74.8 Å². The van der Waals surface area contributed by atoms with Gasteiger partial charge in [-0.05, 0) is 64.8 Å². The average molecular weight is 523 g/mol. The number of nitrogens with zero attached hydrogens (tertiary/aromatic N) is 1. The number of carbonyl (C=O) groups is 2. The van der Waals surface area contributed by atoms with E-state index in [-0.39, 0.29) is 56.6 Å². The zero-order valence-corrected chi connectivity index (χ0v) is 21.9. The normalized spacial score (nSPS) is 20.5. The average Bonchev–Trinajstić information content (AvgIpc) is 2.86. The third-order valence-electron chi connectivity index (χ3n) is 6.72. The summed E-state index contributed by atoms with van der Waals surface area (Å²) in [4.78, 5) is 27.6. The number of nitrogens with one attached hydrogen (secondary N) is 1. The molecule has 198 valence electrons. The second-order valence-corrected chi connectivity index (χ2v) is 12.0. The van der Waals surface area contributed by atoms with Crippen molar-refractivity contribution >= 4 is 21.7 Å². The Morgan fingerprint density at radius 1 is 1.11 bits per heavy atom. The number of carbonyl (C=O) groups excluding carboxylic acids is 2. The number of rotatable bonds is 7. The smallest absolute Gasteiger partial charge is 0.250 e. The number of amides is 2. The fourth-order valence-corrected chi connectivity index (χ4v) is 6.19. The Hall–Kier alpha value is -2.65. The van der Waals surface area contributed by atoms with E-state index in [0.29, 0.717) is 5.75 Å². The Morgan fingerprint density at radius 2 is 1.69 bits per heavy atom. The van der Waals surface area contributed by atoms with Crippen molar-refractivity contribution in [1.29, 1.82) is 0 Å². The van der Waals surface area contributed by atoms with Gasteiger partial charge in [-0.2, -0.15) is 0 Å². The molecule has 0 atom stereocenters. The molecule has 0 spiro atoms. The molecule has 2 N–H and O–H groups in total. The number of hydrogen-bond acceptors (Lipinski definition) is 8. The molecular formula is C25H34N2O8S. The van der Waals surface area contributed by atoms with Gasteiger partial charge in [-0.3, -0.25) is 14.8 Å². The van der Waals surface area contributed by atoms with E-state index < -0.39 is 38.1 Å². The summed E-state index contributed by atoms with van der Waals surface area (Å²) in [5.41, 5.74) is -0.640. The van der Waals surface area contributed by atoms with E-state index in [1.807, 2.05) is 0 Å². The van der Waals surface area contributed by atoms with Crippen LogP contribution in [0.3, 0.4) is 0 Å². The van der Waals surface area contributed by atoms with E-state index in [9.17, 15) is 23.2 Å². The molecular weight excluding hydrogens is 488 g/mol. The van der Waals surface area contributed by atoms with Crippen LogP contribution >= 0.6 is 0 Å². The van der Waals surface area contributed by atoms with Gasteiger partial charge in [0.2, 0.25) is 5.91 Å². The molecule has 0 aliphatic carbocycles. The number of hydrogen-bond donors (Lipinski definition) is 2. The van der Waals surface area contributed by atoms with Crippen molar-refractivity contribution in [2.45, 2.75) is 51.2 Å². The molecule has 2 heterocycles. The van der Waals surface area contributed by atoms with Crippen molar-refractivity contribution in [3.8, 4) is 17.6 Å². The van der Waals surface area contributed by atoms with Crippen molar-refractivity contribution in [3.63, 3.8) is 0 Å². The number of likely N-dealkylation sites (tertiary alicyclic amines) is 1. The summed E-state index contributed by atoms with van der Waals surface area (Å²) in [6, 6.07) is 5.89. The van der Waals surface area contributed by atoms with Gasteiger partial charge >= 0.3 is 0 Å². The van der Waals surface area contributed by atoms with Gasteiger partial charge in [-0.25, -0.2) is 13.9 Å². The summed E-state index contributed by atoms with van der Waals surface area (Å²) in [5.74, 6) is 3.70. The zero-order chi connectivity index (χ0) is 26.6. The van der Waals surface area contributed by atoms with Crippen LogP contribution in [0.2, 0.25) is 0 Å². The monoisotopic (exact) mass is 522 g/mol. The summed E-state index contributed by atoms with van der Waals surface area (Å²) in [7, 11) is -3.90. The molecule has 0 saturated carbocycles. The third-order valence-corrected chi connectivity index (χ3v) is 8.64. The van der Waals surface area contributed by atoms with Gasteiger partial charge in [0, 0.05) is 13.1 Å². The van der Waals surface area contributed by atoms with Crippen LogP contribution in [0.1, 0.15) is 40.5 Å². The first-order valence-corrected chi connectivity index (χ1v) is 13.4. The minimum absolute atomic E-state index is 0.0340. The topological polar surface area (TPSA) is 131 Å². The maximum Gasteiger partial charge on any atom is 0.250 e. The molecule has 2 aliphatic rings. The van der Waals surface area contributed by atoms with Crippen LogP contribution < -0.4 is 10.2 Å². The maximum absolute atomic E-state index is 13.2. The highest BCUT2D eigenvalue weighted by Gasteiger charge is 2.49. The maximum atomic E-state index is 13.2. The summed E-state index contributed by atoms with van der Waals surface area (Å²) in [6.45, 7) is 7.90. The van der Waals surface area contributed by atoms with Gasteiger partial charge < -0.3 is 19.1 Å². The van der Waals surface area contributed by atoms with Crippen LogP contribution in [0, 0.1) is 22.7 Å². The lowest BCUT2D eigenvalue weighted by Crippen LogP contribution is -2.58. The molecule has 3 rings (SSSR count). The fraction of sp³-hybridized carbons (Fsp3) is 0.600. The Labute approximate surface area is 212 Å². The predicted octanol–water partition coefficient (Wildman–Crippen LogP) is 1.77. The highest BCUT2D eigenvalue weighted by Crippen LogP contribution is 2.38. The number of benzene rings is 1. The van der Waals surface area contributed by atoms with Crippen molar-refractivity contribution in [3.05, 3.63) is 24.3 Å². The van der Waals surface area contributed by atoms with Crippen LogP contribution in [0.4, 0.5) is 0 Å². The summed E-state index contributed by atoms with van der Waals surface area (Å²) in [5, 5.41) is 9.39. The molecule has 2 fully saturated rings. The van der Waals surface area contributed by atoms with Crippen LogP contribution in [0.25, 0.3) is 0 Å². The molecule has 1 aromatic carbocycles. The molecule has 10 nitrogen and oxygen atoms in total. The summed E-state index contributed by atoms with van der Waals surface area (Å²) < 4.78 is 43.2. The summed E-state index contributed by atoms with van der Waals surface area (Å²) >= 11 is 0. The van der Waals surface area contributed by atoms with E-state index in [0.717, 1.165) is 0 Å². The molecule has 2 amide bonds. The number of piperidine rings is 1. The van der Waals surface area contributed by atoms with Crippen molar-refractivity contribution < 1.29 is 37.4 Å². The number of sulfone groups is 1. The summed E-state index contributed by atoms with van der Waals surface area (Å²) in [6.07, 6.45) is 0.148. The Balaban J connectivity index is 1.71. The van der Waals surface area contributed by atoms with Gasteiger partial charge in [0.1, 0.15) is 12.4 Å². The molecule has 11 heteroatoms. The standard InChI is InChI=1S/C25H34N2O8S/c1-5-6-15-33-19-7-9-20(10-8-19)36(31,32)18-25(21(28)26-30)11-13-27(14-12-25)22(29)24(4)16-34-23(2,3)35-17-24/h7-10,30H,11-18H2,1-4H3,(H,26,28). The Morgan fingerprint density at radius 3 is 2.22 bits per heavy atom. The van der Waals surface area contributed by atoms with Crippen LogP contribution in [0.5, 0.6) is 5.75 Å². The Kier molecular flexibility index (Phi) is 8.35. The zero-order valence-electron chi connectivity index (χ0n) is 21.1. The molecule has 0 aromatic heterocycles. The van der Waals surface area contributed by atoms with Crippen molar-refractivity contribution in [2.24, 2.45) is 10.8 Å². The lowest BCUT2D eigenvalue weighted by Gasteiger charge is -2.45. The van der Waals surface area contributed by atoms with Crippen molar-refractivity contribution in [2.75, 3.05) is 38.7 Å². The van der Waals surface area contributed by atoms with Gasteiger partial charge in [0.25, 0.3) is 5.91 Å². The second-order valence-electron chi connectivity index (χ2n) is 10.00. The highest BCUT2D eigenvalue weighted by atomic mass is 32.2. The molecule has 0 radical (unpaired) electrons. The molecule has 2 saturated heterocycles. The first kappa shape index (κ1) is 27.9. The highest BCUT2D eigenvalue weighted by molar-refractivity contribution is 7.91. The predicted molar refractivity (Wildman–Crippen MR) is 130 cm³/mol. The number of ether oxygens (including phenoxy) is 3. The molecule has 36 heavy (non-hydrogen) atoms. The van der Waals surface area contributed by atoms with E-state index in [2.05, 4.69) is 11.8 Å². The minimum Gasteiger partial charge on any atom is -0.481 e. The van der Waals surface area contributed by atoms with E-state index in [1.165, 1.54) is 24.3 Å².